The first-order valence-corrected chi connectivity index (χ1v) is 10.4. The van der Waals surface area contributed by atoms with Gasteiger partial charge in [0, 0.05) is 53.2 Å². The number of amidine groups is 1. The fourth-order valence-electron chi connectivity index (χ4n) is 3.43. The zero-order valence-electron chi connectivity index (χ0n) is 18.4. The number of unbranched alkanes of at least 4 members (excludes halogenated alkanes) is 1. The number of benzene rings is 2. The maximum atomic E-state index is 12.2. The van der Waals surface area contributed by atoms with Crippen LogP contribution in [0.1, 0.15) is 37.8 Å². The van der Waals surface area contributed by atoms with Crippen molar-refractivity contribution < 1.29 is 14.6 Å². The average molecular weight is 422 g/mol. The topological polar surface area (TPSA) is 99.6 Å². The molecule has 6 nitrogen and oxygen atoms in total. The largest absolute Gasteiger partial charge is 0.507 e. The maximum Gasteiger partial charge on any atom is 0.335 e. The van der Waals surface area contributed by atoms with Gasteiger partial charge in [0.2, 0.25) is 0 Å². The Morgan fingerprint density at radius 1 is 1.23 bits per heavy atom. The third-order valence-corrected chi connectivity index (χ3v) is 5.09. The molecule has 0 aliphatic rings. The second-order valence-electron chi connectivity index (χ2n) is 7.09. The molecule has 0 bridgehead atoms. The van der Waals surface area contributed by atoms with Crippen LogP contribution >= 0.6 is 0 Å². The molecule has 0 unspecified atom stereocenters. The summed E-state index contributed by atoms with van der Waals surface area (Å²) in [5.74, 6) is -0.198. The number of hydrogen-bond acceptors (Lipinski definition) is 5. The van der Waals surface area contributed by atoms with E-state index in [0.717, 1.165) is 25.2 Å². The number of nitrogens with two attached hydrogens (primary N) is 1. The van der Waals surface area contributed by atoms with E-state index in [2.05, 4.69) is 25.3 Å². The molecule has 2 rings (SSSR count). The van der Waals surface area contributed by atoms with Crippen LogP contribution in [-0.4, -0.2) is 30.0 Å². The van der Waals surface area contributed by atoms with Crippen molar-refractivity contribution in [1.29, 1.82) is 5.41 Å². The van der Waals surface area contributed by atoms with Crippen molar-refractivity contribution in [1.82, 2.24) is 0 Å². The lowest BCUT2D eigenvalue weighted by atomic mass is 9.92. The molecular formula is C25H31N3O3. The first-order chi connectivity index (χ1) is 14.8. The highest BCUT2D eigenvalue weighted by molar-refractivity contribution is 6.03. The number of anilines is 1. The summed E-state index contributed by atoms with van der Waals surface area (Å²) in [4.78, 5) is 14.3. The summed E-state index contributed by atoms with van der Waals surface area (Å²) < 4.78 is 5.51. The molecule has 0 amide bonds. The van der Waals surface area contributed by atoms with Crippen molar-refractivity contribution in [3.8, 4) is 22.6 Å². The van der Waals surface area contributed by atoms with E-state index in [1.54, 1.807) is 43.3 Å². The number of nitrogens with zero attached hydrogens (tertiary/aromatic N) is 1. The second kappa shape index (κ2) is 11.0. The van der Waals surface area contributed by atoms with E-state index in [1.807, 2.05) is 6.07 Å². The van der Waals surface area contributed by atoms with Crippen molar-refractivity contribution >= 4 is 17.5 Å². The lowest BCUT2D eigenvalue weighted by molar-refractivity contribution is -0.129. The van der Waals surface area contributed by atoms with Gasteiger partial charge < -0.3 is 20.5 Å². The molecule has 0 saturated heterocycles. The number of hydrogen-bond donors (Lipinski definition) is 3. The molecule has 2 aromatic carbocycles. The number of rotatable bonds is 10. The predicted molar refractivity (Wildman–Crippen MR) is 127 cm³/mol. The fourth-order valence-corrected chi connectivity index (χ4v) is 3.43. The standard InChI is InChI=1S/C25H31N3O3/c1-5-8-9-10-11-23(30)31-22-15-14-20(25(26)27)24(17(22)4)19-13-12-18(16-21(19)29)28(6-2)7-3/h5,10-16,29H,1,6-9H2,2-4H3,(H3,26,27). The molecule has 0 radical (unpaired) electrons. The minimum absolute atomic E-state index is 0.0720. The number of carbonyl (C=O) groups is 1. The van der Waals surface area contributed by atoms with Crippen LogP contribution in [0, 0.1) is 12.3 Å². The van der Waals surface area contributed by atoms with E-state index in [-0.39, 0.29) is 11.6 Å². The van der Waals surface area contributed by atoms with Gasteiger partial charge in [0.05, 0.1) is 0 Å². The number of esters is 1. The van der Waals surface area contributed by atoms with E-state index in [4.69, 9.17) is 15.9 Å². The Balaban J connectivity index is 2.48. The first-order valence-electron chi connectivity index (χ1n) is 10.4. The number of phenols is 1. The van der Waals surface area contributed by atoms with Crippen molar-refractivity contribution in [2.75, 3.05) is 18.0 Å². The smallest absolute Gasteiger partial charge is 0.335 e. The molecular weight excluding hydrogens is 390 g/mol. The Morgan fingerprint density at radius 2 is 1.94 bits per heavy atom. The number of phenolic OH excluding ortho intramolecular Hbond substituents is 1. The predicted octanol–water partition coefficient (Wildman–Crippen LogP) is 4.93. The van der Waals surface area contributed by atoms with Gasteiger partial charge in [0.15, 0.2) is 0 Å². The number of nitrogen functional groups attached to an aromatic ring is 1. The molecule has 31 heavy (non-hydrogen) atoms. The third-order valence-electron chi connectivity index (χ3n) is 5.09. The summed E-state index contributed by atoms with van der Waals surface area (Å²) in [6.45, 7) is 11.2. The van der Waals surface area contributed by atoms with Crippen molar-refractivity contribution in [2.45, 2.75) is 33.6 Å². The highest BCUT2D eigenvalue weighted by Crippen LogP contribution is 2.39. The van der Waals surface area contributed by atoms with E-state index in [1.165, 1.54) is 6.08 Å². The Bertz CT molecular complexity index is 992. The summed E-state index contributed by atoms with van der Waals surface area (Å²) in [7, 11) is 0. The summed E-state index contributed by atoms with van der Waals surface area (Å²) in [5.41, 5.74) is 8.88. The van der Waals surface area contributed by atoms with Crippen LogP contribution in [0.15, 0.2) is 55.1 Å². The van der Waals surface area contributed by atoms with E-state index >= 15 is 0 Å². The molecule has 0 aliphatic carbocycles. The van der Waals surface area contributed by atoms with Gasteiger partial charge in [-0.2, -0.15) is 0 Å². The number of allylic oxidation sites excluding steroid dienone is 2. The Hall–Kier alpha value is -3.54. The normalized spacial score (nSPS) is 10.8. The summed E-state index contributed by atoms with van der Waals surface area (Å²) in [5, 5.41) is 18.8. The van der Waals surface area contributed by atoms with Crippen molar-refractivity contribution in [3.05, 3.63) is 66.3 Å². The van der Waals surface area contributed by atoms with Gasteiger partial charge in [-0.15, -0.1) is 6.58 Å². The lowest BCUT2D eigenvalue weighted by Gasteiger charge is -2.22. The fraction of sp³-hybridized carbons (Fsp3) is 0.280. The second-order valence-corrected chi connectivity index (χ2v) is 7.09. The number of carbonyl (C=O) groups excluding carboxylic acids is 1. The third kappa shape index (κ3) is 5.75. The van der Waals surface area contributed by atoms with Crippen LogP contribution in [0.4, 0.5) is 5.69 Å². The van der Waals surface area contributed by atoms with Crippen molar-refractivity contribution in [3.63, 3.8) is 0 Å². The summed E-state index contributed by atoms with van der Waals surface area (Å²) in [6.07, 6.45) is 6.40. The van der Waals surface area contributed by atoms with Gasteiger partial charge in [-0.25, -0.2) is 4.79 Å². The molecule has 0 aromatic heterocycles. The molecule has 6 heteroatoms. The lowest BCUT2D eigenvalue weighted by Crippen LogP contribution is -2.21. The summed E-state index contributed by atoms with van der Waals surface area (Å²) in [6, 6.07) is 8.68. The Kier molecular flexibility index (Phi) is 8.43. The van der Waals surface area contributed by atoms with Crippen LogP contribution in [-0.2, 0) is 4.79 Å². The minimum atomic E-state index is -0.491. The van der Waals surface area contributed by atoms with Crippen LogP contribution in [0.25, 0.3) is 11.1 Å². The highest BCUT2D eigenvalue weighted by Gasteiger charge is 2.19. The molecule has 0 saturated carbocycles. The molecule has 4 N–H and O–H groups in total. The van der Waals surface area contributed by atoms with Crippen LogP contribution in [0.2, 0.25) is 0 Å². The van der Waals surface area contributed by atoms with E-state index in [9.17, 15) is 9.90 Å². The van der Waals surface area contributed by atoms with Gasteiger partial charge in [0.1, 0.15) is 17.3 Å². The zero-order chi connectivity index (χ0) is 23.0. The average Bonchev–Trinajstić information content (AvgIpc) is 2.74. The Morgan fingerprint density at radius 3 is 2.52 bits per heavy atom. The van der Waals surface area contributed by atoms with Gasteiger partial charge in [0.25, 0.3) is 0 Å². The van der Waals surface area contributed by atoms with E-state index < -0.39 is 5.97 Å². The summed E-state index contributed by atoms with van der Waals surface area (Å²) >= 11 is 0. The highest BCUT2D eigenvalue weighted by atomic mass is 16.5. The maximum absolute atomic E-state index is 12.2. The number of aromatic hydroxyl groups is 1. The van der Waals surface area contributed by atoms with E-state index in [0.29, 0.717) is 34.4 Å². The van der Waals surface area contributed by atoms with Gasteiger partial charge in [-0.3, -0.25) is 5.41 Å². The van der Waals surface area contributed by atoms with Gasteiger partial charge in [-0.05, 0) is 57.9 Å². The van der Waals surface area contributed by atoms with Crippen LogP contribution in [0.5, 0.6) is 11.5 Å². The van der Waals surface area contributed by atoms with Gasteiger partial charge >= 0.3 is 5.97 Å². The minimum Gasteiger partial charge on any atom is -0.507 e. The molecule has 164 valence electrons. The monoisotopic (exact) mass is 421 g/mol. The quantitative estimate of drug-likeness (QED) is 0.0961. The Labute approximate surface area is 184 Å². The van der Waals surface area contributed by atoms with Crippen LogP contribution in [0.3, 0.4) is 0 Å². The van der Waals surface area contributed by atoms with Crippen LogP contribution < -0.4 is 15.4 Å². The van der Waals surface area contributed by atoms with Crippen molar-refractivity contribution in [2.24, 2.45) is 5.73 Å². The van der Waals surface area contributed by atoms with Gasteiger partial charge in [-0.1, -0.05) is 12.2 Å². The molecule has 0 fully saturated rings. The molecule has 0 atom stereocenters. The first kappa shape index (κ1) is 23.7. The molecule has 0 aliphatic heterocycles. The SMILES string of the molecule is C=CCCC=CC(=O)Oc1ccc(C(=N)N)c(-c2ccc(N(CC)CC)cc2O)c1C. The number of ether oxygens (including phenoxy) is 1. The number of nitrogens with one attached hydrogen (secondary N) is 1. The zero-order valence-corrected chi connectivity index (χ0v) is 18.4. The molecule has 2 aromatic rings. The molecule has 0 spiro atoms. The molecule has 0 heterocycles.